The Morgan fingerprint density at radius 1 is 1.19 bits per heavy atom. The maximum atomic E-state index is 9.54. The number of halogens is 1. The number of fused-ring (bicyclic) bond motifs is 1. The van der Waals surface area contributed by atoms with Crippen LogP contribution in [0.4, 0.5) is 10.7 Å². The van der Waals surface area contributed by atoms with E-state index in [4.69, 9.17) is 33.3 Å². The molecule has 0 atom stereocenters. The smallest absolute Gasteiger partial charge is 0.176 e. The highest BCUT2D eigenvalue weighted by atomic mass is 35.5. The van der Waals surface area contributed by atoms with Crippen LogP contribution in [0, 0.1) is 11.3 Å². The zero-order valence-electron chi connectivity index (χ0n) is 14.4. The van der Waals surface area contributed by atoms with Crippen LogP contribution in [0.3, 0.4) is 0 Å². The lowest BCUT2D eigenvalue weighted by molar-refractivity contribution is 0.396. The number of hydrogen-bond donors (Lipinski definition) is 2. The molecule has 3 rings (SSSR count). The van der Waals surface area contributed by atoms with Gasteiger partial charge in [0.2, 0.25) is 0 Å². The van der Waals surface area contributed by atoms with Gasteiger partial charge in [-0.05, 0) is 49.5 Å². The van der Waals surface area contributed by atoms with Crippen LogP contribution < -0.4 is 20.1 Å². The molecule has 1 aliphatic carbocycles. The second kappa shape index (κ2) is 8.12. The van der Waals surface area contributed by atoms with Crippen molar-refractivity contribution in [3.05, 3.63) is 33.2 Å². The molecule has 0 spiro atoms. The van der Waals surface area contributed by atoms with Crippen LogP contribution in [0.5, 0.6) is 11.5 Å². The Balaban J connectivity index is 1.81. The lowest BCUT2D eigenvalue weighted by atomic mass is 9.96. The maximum Gasteiger partial charge on any atom is 0.176 e. The average molecular weight is 408 g/mol. The fraction of sp³-hybridized carbons (Fsp3) is 0.333. The van der Waals surface area contributed by atoms with Crippen molar-refractivity contribution >= 4 is 51.0 Å². The van der Waals surface area contributed by atoms with Gasteiger partial charge in [-0.2, -0.15) is 5.26 Å². The molecule has 0 unspecified atom stereocenters. The van der Waals surface area contributed by atoms with E-state index in [0.717, 1.165) is 24.3 Å². The second-order valence-electron chi connectivity index (χ2n) is 5.79. The molecule has 2 aromatic rings. The molecule has 136 valence electrons. The monoisotopic (exact) mass is 407 g/mol. The van der Waals surface area contributed by atoms with E-state index in [1.165, 1.54) is 16.9 Å². The van der Waals surface area contributed by atoms with Crippen molar-refractivity contribution in [2.24, 2.45) is 0 Å². The first-order valence-corrected chi connectivity index (χ1v) is 9.71. The molecule has 1 aromatic carbocycles. The van der Waals surface area contributed by atoms with Crippen molar-refractivity contribution in [2.45, 2.75) is 25.7 Å². The third-order valence-corrected chi connectivity index (χ3v) is 5.94. The number of anilines is 2. The minimum Gasteiger partial charge on any atom is -0.495 e. The molecule has 0 bridgehead atoms. The number of nitriles is 1. The van der Waals surface area contributed by atoms with Gasteiger partial charge in [-0.15, -0.1) is 11.3 Å². The summed E-state index contributed by atoms with van der Waals surface area (Å²) in [4.78, 5) is 1.28. The van der Waals surface area contributed by atoms with Gasteiger partial charge in [0.15, 0.2) is 5.11 Å². The van der Waals surface area contributed by atoms with Gasteiger partial charge in [0, 0.05) is 10.9 Å². The fourth-order valence-corrected chi connectivity index (χ4v) is 4.75. The van der Waals surface area contributed by atoms with Gasteiger partial charge in [0.1, 0.15) is 22.6 Å². The van der Waals surface area contributed by atoms with E-state index in [1.807, 2.05) is 0 Å². The molecule has 2 N–H and O–H groups in total. The van der Waals surface area contributed by atoms with Crippen molar-refractivity contribution in [2.75, 3.05) is 24.9 Å². The number of hydrogen-bond acceptors (Lipinski definition) is 5. The maximum absolute atomic E-state index is 9.54. The van der Waals surface area contributed by atoms with Crippen molar-refractivity contribution in [3.63, 3.8) is 0 Å². The van der Waals surface area contributed by atoms with E-state index in [1.54, 1.807) is 37.7 Å². The van der Waals surface area contributed by atoms with Crippen LogP contribution in [-0.2, 0) is 12.8 Å². The number of nitrogens with zero attached hydrogens (tertiary/aromatic N) is 1. The first-order chi connectivity index (χ1) is 12.6. The van der Waals surface area contributed by atoms with Gasteiger partial charge in [-0.25, -0.2) is 0 Å². The number of benzene rings is 1. The van der Waals surface area contributed by atoms with Crippen LogP contribution in [0.2, 0.25) is 5.02 Å². The predicted molar refractivity (Wildman–Crippen MR) is 110 cm³/mol. The van der Waals surface area contributed by atoms with Gasteiger partial charge in [0.25, 0.3) is 0 Å². The van der Waals surface area contributed by atoms with Crippen molar-refractivity contribution in [1.82, 2.24) is 0 Å². The van der Waals surface area contributed by atoms with E-state index < -0.39 is 0 Å². The Labute approximate surface area is 166 Å². The second-order valence-corrected chi connectivity index (χ2v) is 7.71. The van der Waals surface area contributed by atoms with E-state index in [9.17, 15) is 5.26 Å². The quantitative estimate of drug-likeness (QED) is 0.697. The summed E-state index contributed by atoms with van der Waals surface area (Å²) in [5.41, 5.74) is 2.49. The van der Waals surface area contributed by atoms with Crippen molar-refractivity contribution in [1.29, 1.82) is 5.26 Å². The molecule has 0 amide bonds. The normalized spacial score (nSPS) is 12.7. The van der Waals surface area contributed by atoms with Crippen LogP contribution >= 0.6 is 35.2 Å². The highest BCUT2D eigenvalue weighted by Gasteiger charge is 2.21. The topological polar surface area (TPSA) is 66.3 Å². The minimum absolute atomic E-state index is 0.375. The van der Waals surface area contributed by atoms with Crippen LogP contribution in [0.15, 0.2) is 12.1 Å². The molecule has 1 heterocycles. The lowest BCUT2D eigenvalue weighted by Crippen LogP contribution is -2.19. The van der Waals surface area contributed by atoms with Gasteiger partial charge in [-0.3, -0.25) is 0 Å². The van der Waals surface area contributed by atoms with E-state index in [-0.39, 0.29) is 0 Å². The molecular formula is C18H18ClN3O2S2. The summed E-state index contributed by atoms with van der Waals surface area (Å²) in [6.45, 7) is 0. The molecule has 0 fully saturated rings. The zero-order chi connectivity index (χ0) is 18.7. The molecule has 0 radical (unpaired) electrons. The number of thiocarbonyl (C=S) groups is 1. The largest absolute Gasteiger partial charge is 0.495 e. The number of thiophene rings is 1. The van der Waals surface area contributed by atoms with Crippen LogP contribution in [-0.4, -0.2) is 19.3 Å². The Bertz CT molecular complexity index is 890. The summed E-state index contributed by atoms with van der Waals surface area (Å²) in [6, 6.07) is 5.70. The molecule has 5 nitrogen and oxygen atoms in total. The fourth-order valence-electron chi connectivity index (χ4n) is 2.99. The molecule has 8 heteroatoms. The molecular weight excluding hydrogens is 390 g/mol. The molecule has 0 aliphatic heterocycles. The average Bonchev–Trinajstić information content (AvgIpc) is 2.98. The Morgan fingerprint density at radius 3 is 2.62 bits per heavy atom. The first kappa shape index (κ1) is 18.8. The third-order valence-electron chi connectivity index (χ3n) is 4.23. The Hall–Kier alpha value is -2.01. The number of ether oxygens (including phenoxy) is 2. The highest BCUT2D eigenvalue weighted by molar-refractivity contribution is 7.80. The summed E-state index contributed by atoms with van der Waals surface area (Å²) in [5, 5.41) is 17.4. The van der Waals surface area contributed by atoms with Gasteiger partial charge in [0.05, 0.1) is 30.5 Å². The van der Waals surface area contributed by atoms with E-state index in [0.29, 0.717) is 32.9 Å². The zero-order valence-corrected chi connectivity index (χ0v) is 16.8. The molecule has 0 saturated carbocycles. The van der Waals surface area contributed by atoms with Crippen LogP contribution in [0.25, 0.3) is 0 Å². The third kappa shape index (κ3) is 3.73. The number of methoxy groups -OCH3 is 2. The summed E-state index contributed by atoms with van der Waals surface area (Å²) in [7, 11) is 3.10. The first-order valence-electron chi connectivity index (χ1n) is 8.11. The molecule has 1 aliphatic rings. The van der Waals surface area contributed by atoms with E-state index in [2.05, 4.69) is 16.7 Å². The van der Waals surface area contributed by atoms with Gasteiger partial charge < -0.3 is 20.1 Å². The Kier molecular flexibility index (Phi) is 5.87. The summed E-state index contributed by atoms with van der Waals surface area (Å²) < 4.78 is 10.6. The van der Waals surface area contributed by atoms with Gasteiger partial charge in [-0.1, -0.05) is 11.6 Å². The van der Waals surface area contributed by atoms with Crippen molar-refractivity contribution in [3.8, 4) is 17.6 Å². The number of aryl methyl sites for hydroxylation is 1. The van der Waals surface area contributed by atoms with Crippen molar-refractivity contribution < 1.29 is 9.47 Å². The molecule has 1 aromatic heterocycles. The summed E-state index contributed by atoms with van der Waals surface area (Å²) in [6.07, 6.45) is 4.28. The summed E-state index contributed by atoms with van der Waals surface area (Å²) >= 11 is 13.2. The Morgan fingerprint density at radius 2 is 1.92 bits per heavy atom. The standard InChI is InChI=1S/C18H18ClN3O2S2/c1-23-14-8-15(24-2)13(7-12(14)19)21-18(25)22-17-11(9-20)10-5-3-4-6-16(10)26-17/h7-8H,3-6H2,1-2H3,(H2,21,22,25). The summed E-state index contributed by atoms with van der Waals surface area (Å²) in [5.74, 6) is 1.08. The SMILES string of the molecule is COc1cc(OC)c(NC(=S)Nc2sc3c(c2C#N)CCCC3)cc1Cl. The van der Waals surface area contributed by atoms with Gasteiger partial charge >= 0.3 is 0 Å². The lowest BCUT2D eigenvalue weighted by Gasteiger charge is -2.15. The molecule has 26 heavy (non-hydrogen) atoms. The van der Waals surface area contributed by atoms with Crippen LogP contribution in [0.1, 0.15) is 28.8 Å². The minimum atomic E-state index is 0.375. The number of rotatable bonds is 4. The number of nitrogens with one attached hydrogen (secondary N) is 2. The predicted octanol–water partition coefficient (Wildman–Crippen LogP) is 4.98. The van der Waals surface area contributed by atoms with E-state index >= 15 is 0 Å². The highest BCUT2D eigenvalue weighted by Crippen LogP contribution is 2.38. The molecule has 0 saturated heterocycles.